The summed E-state index contributed by atoms with van der Waals surface area (Å²) in [4.78, 5) is 35.8. The van der Waals surface area contributed by atoms with Crippen molar-refractivity contribution < 1.29 is 18.7 Å². The summed E-state index contributed by atoms with van der Waals surface area (Å²) < 4.78 is 11.7. The second-order valence-electron chi connectivity index (χ2n) is 6.11. The van der Waals surface area contributed by atoms with E-state index >= 15 is 0 Å². The maximum Gasteiger partial charge on any atom is 0.328 e. The van der Waals surface area contributed by atoms with Gasteiger partial charge in [0.2, 0.25) is 0 Å². The van der Waals surface area contributed by atoms with Gasteiger partial charge in [0.25, 0.3) is 11.5 Å². The van der Waals surface area contributed by atoms with Crippen LogP contribution in [-0.2, 0) is 16.1 Å². The number of hydrogen-bond donors (Lipinski definition) is 1. The number of esters is 1. The largest absolute Gasteiger partial charge is 0.467 e. The first kappa shape index (κ1) is 18.5. The van der Waals surface area contributed by atoms with Gasteiger partial charge in [-0.2, -0.15) is 0 Å². The molecule has 0 radical (unpaired) electrons. The maximum atomic E-state index is 12.3. The summed E-state index contributed by atoms with van der Waals surface area (Å²) in [7, 11) is 1.28. The highest BCUT2D eigenvalue weighted by atomic mass is 16.5. The van der Waals surface area contributed by atoms with Crippen LogP contribution in [0.4, 0.5) is 0 Å². The summed E-state index contributed by atoms with van der Waals surface area (Å²) >= 11 is 0. The molecule has 2 aromatic heterocycles. The Bertz CT molecular complexity index is 791. The van der Waals surface area contributed by atoms with Crippen LogP contribution in [0.1, 0.15) is 36.6 Å². The number of ether oxygens (including phenoxy) is 1. The van der Waals surface area contributed by atoms with Crippen LogP contribution in [-0.4, -0.2) is 29.6 Å². The minimum Gasteiger partial charge on any atom is -0.467 e. The van der Waals surface area contributed by atoms with E-state index in [2.05, 4.69) is 5.32 Å². The summed E-state index contributed by atoms with van der Waals surface area (Å²) in [6, 6.07) is 7.25. The lowest BCUT2D eigenvalue weighted by molar-refractivity contribution is -0.143. The Morgan fingerprint density at radius 2 is 2.00 bits per heavy atom. The number of hydrogen-bond acceptors (Lipinski definition) is 5. The standard InChI is InChI=1S/C18H22N2O5/c1-12(2)10-14(18(23)24-3)19-17(22)15-8-7-13(25-15)11-20-9-5-4-6-16(20)21/h4-9,12,14H,10-11H2,1-3H3,(H,19,22). The molecule has 0 bridgehead atoms. The number of pyridine rings is 1. The van der Waals surface area contributed by atoms with E-state index in [4.69, 9.17) is 9.15 Å². The van der Waals surface area contributed by atoms with Gasteiger partial charge in [-0.3, -0.25) is 9.59 Å². The average Bonchev–Trinajstić information content (AvgIpc) is 3.04. The van der Waals surface area contributed by atoms with Crippen LogP contribution in [0.2, 0.25) is 0 Å². The fourth-order valence-corrected chi connectivity index (χ4v) is 2.40. The summed E-state index contributed by atoms with van der Waals surface area (Å²) in [5, 5.41) is 2.63. The van der Waals surface area contributed by atoms with Crippen LogP contribution >= 0.6 is 0 Å². The fourth-order valence-electron chi connectivity index (χ4n) is 2.40. The molecule has 2 aromatic rings. The van der Waals surface area contributed by atoms with Crippen LogP contribution < -0.4 is 10.9 Å². The molecule has 0 saturated carbocycles. The molecule has 0 fully saturated rings. The van der Waals surface area contributed by atoms with Crippen molar-refractivity contribution in [3.63, 3.8) is 0 Å². The van der Waals surface area contributed by atoms with E-state index in [1.54, 1.807) is 24.4 Å². The van der Waals surface area contributed by atoms with E-state index < -0.39 is 17.9 Å². The highest BCUT2D eigenvalue weighted by Gasteiger charge is 2.24. The summed E-state index contributed by atoms with van der Waals surface area (Å²) in [5.74, 6) is -0.234. The molecule has 0 aliphatic rings. The lowest BCUT2D eigenvalue weighted by Crippen LogP contribution is -2.42. The molecule has 0 aliphatic carbocycles. The third-order valence-electron chi connectivity index (χ3n) is 3.61. The Morgan fingerprint density at radius 1 is 1.24 bits per heavy atom. The third kappa shape index (κ3) is 5.07. The molecule has 134 valence electrons. The van der Waals surface area contributed by atoms with Gasteiger partial charge < -0.3 is 19.0 Å². The molecule has 0 aromatic carbocycles. The van der Waals surface area contributed by atoms with Crippen molar-refractivity contribution in [1.29, 1.82) is 0 Å². The SMILES string of the molecule is COC(=O)C(CC(C)C)NC(=O)c1ccc(Cn2ccccc2=O)o1. The minimum atomic E-state index is -0.734. The molecule has 2 rings (SSSR count). The topological polar surface area (TPSA) is 90.5 Å². The fraction of sp³-hybridized carbons (Fsp3) is 0.389. The van der Waals surface area contributed by atoms with Crippen molar-refractivity contribution in [3.05, 3.63) is 58.4 Å². The Hall–Kier alpha value is -2.83. The number of carbonyl (C=O) groups excluding carboxylic acids is 2. The van der Waals surface area contributed by atoms with E-state index in [1.807, 2.05) is 13.8 Å². The van der Waals surface area contributed by atoms with Gasteiger partial charge in [-0.25, -0.2) is 4.79 Å². The Balaban J connectivity index is 2.07. The smallest absolute Gasteiger partial charge is 0.328 e. The van der Waals surface area contributed by atoms with Crippen LogP contribution in [0.3, 0.4) is 0 Å². The lowest BCUT2D eigenvalue weighted by Gasteiger charge is -2.17. The molecular formula is C18H22N2O5. The van der Waals surface area contributed by atoms with Crippen molar-refractivity contribution in [3.8, 4) is 0 Å². The van der Waals surface area contributed by atoms with E-state index in [0.717, 1.165) is 0 Å². The Labute approximate surface area is 145 Å². The molecule has 1 unspecified atom stereocenters. The molecule has 2 heterocycles. The lowest BCUT2D eigenvalue weighted by atomic mass is 10.0. The summed E-state index contributed by atoms with van der Waals surface area (Å²) in [5.41, 5.74) is -0.160. The van der Waals surface area contributed by atoms with Gasteiger partial charge in [0.05, 0.1) is 13.7 Å². The highest BCUT2D eigenvalue weighted by Crippen LogP contribution is 2.11. The molecule has 7 nitrogen and oxygen atoms in total. The van der Waals surface area contributed by atoms with Gasteiger partial charge in [0, 0.05) is 12.3 Å². The quantitative estimate of drug-likeness (QED) is 0.772. The first-order valence-electron chi connectivity index (χ1n) is 8.03. The summed E-state index contributed by atoms with van der Waals surface area (Å²) in [6.07, 6.45) is 2.10. The van der Waals surface area contributed by atoms with Gasteiger partial charge in [-0.05, 0) is 30.5 Å². The monoisotopic (exact) mass is 346 g/mol. The van der Waals surface area contributed by atoms with Gasteiger partial charge in [0.15, 0.2) is 5.76 Å². The molecule has 0 saturated heterocycles. The Kier molecular flexibility index (Phi) is 6.16. The number of rotatable bonds is 7. The van der Waals surface area contributed by atoms with Crippen molar-refractivity contribution in [2.75, 3.05) is 7.11 Å². The molecule has 1 amide bonds. The van der Waals surface area contributed by atoms with Crippen molar-refractivity contribution in [2.24, 2.45) is 5.92 Å². The average molecular weight is 346 g/mol. The van der Waals surface area contributed by atoms with Crippen molar-refractivity contribution in [1.82, 2.24) is 9.88 Å². The highest BCUT2D eigenvalue weighted by molar-refractivity contribution is 5.94. The minimum absolute atomic E-state index is 0.0802. The molecule has 7 heteroatoms. The van der Waals surface area contributed by atoms with E-state index in [1.165, 1.54) is 23.8 Å². The van der Waals surface area contributed by atoms with Gasteiger partial charge in [0.1, 0.15) is 11.8 Å². The summed E-state index contributed by atoms with van der Waals surface area (Å²) in [6.45, 7) is 4.12. The van der Waals surface area contributed by atoms with E-state index in [-0.39, 0.29) is 23.8 Å². The number of amides is 1. The first-order valence-corrected chi connectivity index (χ1v) is 8.03. The van der Waals surface area contributed by atoms with E-state index in [9.17, 15) is 14.4 Å². The maximum absolute atomic E-state index is 12.3. The zero-order valence-corrected chi connectivity index (χ0v) is 14.5. The van der Waals surface area contributed by atoms with E-state index in [0.29, 0.717) is 12.2 Å². The number of nitrogens with zero attached hydrogens (tertiary/aromatic N) is 1. The molecule has 25 heavy (non-hydrogen) atoms. The molecular weight excluding hydrogens is 324 g/mol. The number of furan rings is 1. The molecule has 0 aliphatic heterocycles. The number of aromatic nitrogens is 1. The normalized spacial score (nSPS) is 12.0. The zero-order valence-electron chi connectivity index (χ0n) is 14.5. The van der Waals surface area contributed by atoms with Gasteiger partial charge in [-0.15, -0.1) is 0 Å². The van der Waals surface area contributed by atoms with Crippen LogP contribution in [0, 0.1) is 5.92 Å². The molecule has 0 spiro atoms. The van der Waals surface area contributed by atoms with Gasteiger partial charge in [-0.1, -0.05) is 19.9 Å². The molecule has 1 atom stereocenters. The predicted molar refractivity (Wildman–Crippen MR) is 91.2 cm³/mol. The third-order valence-corrected chi connectivity index (χ3v) is 3.61. The Morgan fingerprint density at radius 3 is 2.64 bits per heavy atom. The van der Waals surface area contributed by atoms with Gasteiger partial charge >= 0.3 is 5.97 Å². The molecule has 1 N–H and O–H groups in total. The van der Waals surface area contributed by atoms with Crippen LogP contribution in [0.5, 0.6) is 0 Å². The van der Waals surface area contributed by atoms with Crippen molar-refractivity contribution in [2.45, 2.75) is 32.9 Å². The van der Waals surface area contributed by atoms with Crippen molar-refractivity contribution >= 4 is 11.9 Å². The predicted octanol–water partition coefficient (Wildman–Crippen LogP) is 1.81. The first-order chi connectivity index (χ1) is 11.9. The zero-order chi connectivity index (χ0) is 18.4. The number of nitrogens with one attached hydrogen (secondary N) is 1. The van der Waals surface area contributed by atoms with Crippen LogP contribution in [0.15, 0.2) is 45.7 Å². The second-order valence-corrected chi connectivity index (χ2v) is 6.11. The number of methoxy groups -OCH3 is 1. The number of carbonyl (C=O) groups is 2. The second kappa shape index (κ2) is 8.32. The van der Waals surface area contributed by atoms with Crippen LogP contribution in [0.25, 0.3) is 0 Å².